The van der Waals surface area contributed by atoms with Gasteiger partial charge in [0.1, 0.15) is 0 Å². The molecule has 1 atom stereocenters. The Balaban J connectivity index is 1.46. The number of aliphatic hydroxyl groups excluding tert-OH is 1. The minimum absolute atomic E-state index is 0.0876. The summed E-state index contributed by atoms with van der Waals surface area (Å²) >= 11 is 0. The van der Waals surface area contributed by atoms with Crippen LogP contribution in [0.4, 0.5) is 0 Å². The fourth-order valence-electron chi connectivity index (χ4n) is 4.75. The second-order valence-electron chi connectivity index (χ2n) is 9.45. The number of hydrogen-bond acceptors (Lipinski definition) is 3. The van der Waals surface area contributed by atoms with Gasteiger partial charge in [-0.15, -0.1) is 0 Å². The molecular weight excluding hydrogens is 424 g/mol. The van der Waals surface area contributed by atoms with Crippen molar-refractivity contribution >= 4 is 29.5 Å². The highest BCUT2D eigenvalue weighted by Crippen LogP contribution is 2.38. The molecule has 178 valence electrons. The third kappa shape index (κ3) is 5.31. The maximum absolute atomic E-state index is 12.9. The van der Waals surface area contributed by atoms with Crippen molar-refractivity contribution in [3.05, 3.63) is 76.4 Å². The second kappa shape index (κ2) is 10.8. The number of amides is 2. The van der Waals surface area contributed by atoms with Crippen molar-refractivity contribution in [2.75, 3.05) is 19.7 Å². The maximum Gasteiger partial charge on any atom is 0.222 e. The van der Waals surface area contributed by atoms with E-state index < -0.39 is 0 Å². The molecule has 5 nitrogen and oxygen atoms in total. The average molecular weight is 459 g/mol. The monoisotopic (exact) mass is 458 g/mol. The first-order valence-electron chi connectivity index (χ1n) is 12.3. The van der Waals surface area contributed by atoms with E-state index in [0.717, 1.165) is 12.8 Å². The topological polar surface area (TPSA) is 69.6 Å². The van der Waals surface area contributed by atoms with Crippen LogP contribution >= 0.6 is 0 Å². The van der Waals surface area contributed by atoms with Gasteiger partial charge in [0.05, 0.1) is 12.6 Å². The summed E-state index contributed by atoms with van der Waals surface area (Å²) in [6.07, 6.45) is 6.84. The third-order valence-corrected chi connectivity index (χ3v) is 6.77. The van der Waals surface area contributed by atoms with Gasteiger partial charge in [0.25, 0.3) is 0 Å². The van der Waals surface area contributed by atoms with Crippen molar-refractivity contribution in [2.45, 2.75) is 45.6 Å². The number of nitrogens with zero attached hydrogens (tertiary/aromatic N) is 1. The first-order chi connectivity index (χ1) is 16.5. The highest BCUT2D eigenvalue weighted by molar-refractivity contribution is 5.95. The molecule has 1 saturated heterocycles. The lowest BCUT2D eigenvalue weighted by Gasteiger charge is -2.31. The van der Waals surface area contributed by atoms with E-state index in [1.165, 1.54) is 33.4 Å². The SMILES string of the molecule is CC(C)C(=O)N[C@H](CO)CCC(=O)N1CCC(=C2c3ccccc3C=Cc3ccccc32)CC1. The van der Waals surface area contributed by atoms with E-state index in [0.29, 0.717) is 25.9 Å². The van der Waals surface area contributed by atoms with Crippen molar-refractivity contribution in [3.8, 4) is 0 Å². The molecule has 2 aliphatic rings. The molecule has 34 heavy (non-hydrogen) atoms. The van der Waals surface area contributed by atoms with Gasteiger partial charge in [0.15, 0.2) is 0 Å². The first kappa shape index (κ1) is 24.0. The highest BCUT2D eigenvalue weighted by Gasteiger charge is 2.25. The highest BCUT2D eigenvalue weighted by atomic mass is 16.3. The van der Waals surface area contributed by atoms with Gasteiger partial charge in [-0.1, -0.05) is 80.1 Å². The molecule has 0 unspecified atom stereocenters. The van der Waals surface area contributed by atoms with Crippen LogP contribution in [-0.4, -0.2) is 47.6 Å². The van der Waals surface area contributed by atoms with Gasteiger partial charge < -0.3 is 15.3 Å². The van der Waals surface area contributed by atoms with Gasteiger partial charge in [-0.05, 0) is 47.1 Å². The summed E-state index contributed by atoms with van der Waals surface area (Å²) in [7, 11) is 0. The van der Waals surface area contributed by atoms with Gasteiger partial charge >= 0.3 is 0 Å². The Morgan fingerprint density at radius 1 is 0.941 bits per heavy atom. The molecule has 2 aromatic carbocycles. The Labute approximate surface area is 202 Å². The summed E-state index contributed by atoms with van der Waals surface area (Å²) in [5.74, 6) is -0.156. The number of carbonyl (C=O) groups is 2. The Hall–Kier alpha value is -3.18. The maximum atomic E-state index is 12.9. The Morgan fingerprint density at radius 3 is 2.03 bits per heavy atom. The summed E-state index contributed by atoms with van der Waals surface area (Å²) < 4.78 is 0. The van der Waals surface area contributed by atoms with Crippen LogP contribution in [0.5, 0.6) is 0 Å². The number of carbonyl (C=O) groups excluding carboxylic acids is 2. The molecule has 1 heterocycles. The quantitative estimate of drug-likeness (QED) is 0.571. The van der Waals surface area contributed by atoms with E-state index in [2.05, 4.69) is 66.0 Å². The number of piperidine rings is 1. The lowest BCUT2D eigenvalue weighted by atomic mass is 9.86. The molecule has 0 spiro atoms. The Bertz CT molecular complexity index is 1050. The van der Waals surface area contributed by atoms with Gasteiger partial charge in [-0.2, -0.15) is 0 Å². The fourth-order valence-corrected chi connectivity index (χ4v) is 4.75. The summed E-state index contributed by atoms with van der Waals surface area (Å²) in [6.45, 7) is 4.86. The molecule has 2 N–H and O–H groups in total. The molecule has 1 aliphatic carbocycles. The fraction of sp³-hybridized carbons (Fsp3) is 0.379. The van der Waals surface area contributed by atoms with E-state index in [9.17, 15) is 14.7 Å². The Kier molecular flexibility index (Phi) is 7.63. The predicted molar refractivity (Wildman–Crippen MR) is 137 cm³/mol. The molecule has 2 amide bonds. The molecular formula is C29H34N2O3. The zero-order chi connectivity index (χ0) is 24.1. The first-order valence-corrected chi connectivity index (χ1v) is 12.3. The van der Waals surface area contributed by atoms with Gasteiger partial charge in [0, 0.05) is 25.4 Å². The van der Waals surface area contributed by atoms with Crippen LogP contribution in [0.25, 0.3) is 17.7 Å². The molecule has 0 saturated carbocycles. The number of nitrogens with one attached hydrogen (secondary N) is 1. The van der Waals surface area contributed by atoms with Crippen LogP contribution in [0.15, 0.2) is 54.1 Å². The van der Waals surface area contributed by atoms with Crippen LogP contribution in [-0.2, 0) is 9.59 Å². The van der Waals surface area contributed by atoms with E-state index in [1.54, 1.807) is 0 Å². The molecule has 0 aromatic heterocycles. The van der Waals surface area contributed by atoms with Gasteiger partial charge in [-0.25, -0.2) is 0 Å². The van der Waals surface area contributed by atoms with Gasteiger partial charge in [0.2, 0.25) is 11.8 Å². The number of hydrogen-bond donors (Lipinski definition) is 2. The number of fused-ring (bicyclic) bond motifs is 2. The average Bonchev–Trinajstić information content (AvgIpc) is 3.03. The standard InChI is InChI=1S/C29H34N2O3/c1-20(2)29(34)30-24(19-32)13-14-27(33)31-17-15-23(16-18-31)28-25-9-5-3-7-21(25)11-12-22-8-4-6-10-26(22)28/h3-12,20,24,32H,13-19H2,1-2H3,(H,30,34)/t24-/m0/s1. The molecule has 1 aliphatic heterocycles. The van der Waals surface area contributed by atoms with Crippen molar-refractivity contribution in [1.29, 1.82) is 0 Å². The van der Waals surface area contributed by atoms with E-state index in [4.69, 9.17) is 0 Å². The number of benzene rings is 2. The smallest absolute Gasteiger partial charge is 0.222 e. The van der Waals surface area contributed by atoms with Crippen molar-refractivity contribution in [1.82, 2.24) is 10.2 Å². The molecule has 5 heteroatoms. The summed E-state index contributed by atoms with van der Waals surface area (Å²) in [5, 5.41) is 12.4. The van der Waals surface area contributed by atoms with Crippen LogP contribution < -0.4 is 5.32 Å². The Morgan fingerprint density at radius 2 is 1.50 bits per heavy atom. The van der Waals surface area contributed by atoms with Crippen molar-refractivity contribution < 1.29 is 14.7 Å². The lowest BCUT2D eigenvalue weighted by molar-refractivity contribution is -0.132. The molecule has 2 aromatic rings. The summed E-state index contributed by atoms with van der Waals surface area (Å²) in [4.78, 5) is 26.7. The molecule has 4 rings (SSSR count). The zero-order valence-corrected chi connectivity index (χ0v) is 20.1. The van der Waals surface area contributed by atoms with E-state index in [-0.39, 0.29) is 30.4 Å². The largest absolute Gasteiger partial charge is 0.394 e. The van der Waals surface area contributed by atoms with Gasteiger partial charge in [-0.3, -0.25) is 9.59 Å². The molecule has 1 fully saturated rings. The number of likely N-dealkylation sites (tertiary alicyclic amines) is 1. The second-order valence-corrected chi connectivity index (χ2v) is 9.45. The van der Waals surface area contributed by atoms with Crippen LogP contribution in [0, 0.1) is 5.92 Å². The predicted octanol–water partition coefficient (Wildman–Crippen LogP) is 4.51. The number of rotatable bonds is 6. The molecule has 0 radical (unpaired) electrons. The minimum atomic E-state index is -0.382. The normalized spacial score (nSPS) is 16.1. The lowest BCUT2D eigenvalue weighted by Crippen LogP contribution is -2.41. The van der Waals surface area contributed by atoms with Crippen molar-refractivity contribution in [3.63, 3.8) is 0 Å². The minimum Gasteiger partial charge on any atom is -0.394 e. The van der Waals surface area contributed by atoms with Crippen LogP contribution in [0.1, 0.15) is 61.8 Å². The summed E-state index contributed by atoms with van der Waals surface area (Å²) in [5.41, 5.74) is 7.65. The number of aliphatic hydroxyl groups is 1. The van der Waals surface area contributed by atoms with Crippen molar-refractivity contribution in [2.24, 2.45) is 5.92 Å². The zero-order valence-electron chi connectivity index (χ0n) is 20.1. The summed E-state index contributed by atoms with van der Waals surface area (Å²) in [6, 6.07) is 16.7. The van der Waals surface area contributed by atoms with E-state index in [1.807, 2.05) is 18.7 Å². The third-order valence-electron chi connectivity index (χ3n) is 6.77. The van der Waals surface area contributed by atoms with Crippen LogP contribution in [0.3, 0.4) is 0 Å². The van der Waals surface area contributed by atoms with Crippen LogP contribution in [0.2, 0.25) is 0 Å². The molecule has 0 bridgehead atoms. The van der Waals surface area contributed by atoms with E-state index >= 15 is 0 Å².